The van der Waals surface area contributed by atoms with Crippen molar-refractivity contribution < 1.29 is 4.74 Å². The minimum atomic E-state index is 0.177. The van der Waals surface area contributed by atoms with E-state index in [-0.39, 0.29) is 12.2 Å². The highest BCUT2D eigenvalue weighted by Gasteiger charge is 2.09. The second-order valence-corrected chi connectivity index (χ2v) is 4.90. The Morgan fingerprint density at radius 1 is 1.20 bits per heavy atom. The first-order valence-electron chi connectivity index (χ1n) is 5.34. The lowest BCUT2D eigenvalue weighted by molar-refractivity contribution is 0.0177. The van der Waals surface area contributed by atoms with Gasteiger partial charge in [0.1, 0.15) is 0 Å². The quantitative estimate of drug-likeness (QED) is 0.709. The molecule has 1 rings (SSSR count). The van der Waals surface area contributed by atoms with Crippen molar-refractivity contribution in [2.24, 2.45) is 0 Å². The number of rotatable bonds is 4. The van der Waals surface area contributed by atoms with Gasteiger partial charge < -0.3 is 4.74 Å². The van der Waals surface area contributed by atoms with Crippen LogP contribution in [-0.4, -0.2) is 12.4 Å². The maximum absolute atomic E-state index is 5.77. The molecule has 0 radical (unpaired) electrons. The van der Waals surface area contributed by atoms with Crippen LogP contribution in [0.25, 0.3) is 0 Å². The van der Waals surface area contributed by atoms with Crippen molar-refractivity contribution in [2.75, 3.05) is 6.26 Å². The van der Waals surface area contributed by atoms with E-state index in [2.05, 4.69) is 52.1 Å². The highest BCUT2D eigenvalue weighted by atomic mass is 32.2. The summed E-state index contributed by atoms with van der Waals surface area (Å²) in [4.78, 5) is 1.34. The summed E-state index contributed by atoms with van der Waals surface area (Å²) in [6.07, 6.45) is 2.57. The van der Waals surface area contributed by atoms with Crippen molar-refractivity contribution in [3.8, 4) is 0 Å². The smallest absolute Gasteiger partial charge is 0.0800 e. The molecule has 2 heteroatoms. The van der Waals surface area contributed by atoms with Crippen LogP contribution >= 0.6 is 11.8 Å². The van der Waals surface area contributed by atoms with Gasteiger partial charge in [0, 0.05) is 4.90 Å². The largest absolute Gasteiger partial charge is 0.371 e. The van der Waals surface area contributed by atoms with Crippen LogP contribution in [0.1, 0.15) is 38.0 Å². The van der Waals surface area contributed by atoms with Crippen LogP contribution in [-0.2, 0) is 4.74 Å². The van der Waals surface area contributed by atoms with Crippen molar-refractivity contribution in [3.63, 3.8) is 0 Å². The summed E-state index contributed by atoms with van der Waals surface area (Å²) in [5.74, 6) is 0. The molecule has 0 heterocycles. The highest BCUT2D eigenvalue weighted by Crippen LogP contribution is 2.26. The van der Waals surface area contributed by atoms with E-state index in [0.717, 1.165) is 0 Å². The molecule has 0 fully saturated rings. The van der Waals surface area contributed by atoms with Crippen LogP contribution in [0.15, 0.2) is 23.1 Å². The lowest BCUT2D eigenvalue weighted by atomic mass is 10.1. The van der Waals surface area contributed by atoms with E-state index in [0.29, 0.717) is 0 Å². The molecular weight excluding hydrogens is 204 g/mol. The Morgan fingerprint density at radius 3 is 2.40 bits per heavy atom. The van der Waals surface area contributed by atoms with E-state index in [1.807, 2.05) is 0 Å². The molecule has 0 spiro atoms. The molecule has 0 aromatic heterocycles. The molecule has 0 aliphatic carbocycles. The summed E-state index contributed by atoms with van der Waals surface area (Å²) in [5, 5.41) is 0. The zero-order valence-corrected chi connectivity index (χ0v) is 11.0. The summed E-state index contributed by atoms with van der Waals surface area (Å²) in [6.45, 7) is 8.39. The summed E-state index contributed by atoms with van der Waals surface area (Å²) in [6, 6.07) is 6.55. The predicted octanol–water partition coefficient (Wildman–Crippen LogP) is 4.20. The average molecular weight is 224 g/mol. The van der Waals surface area contributed by atoms with Crippen LogP contribution < -0.4 is 0 Å². The predicted molar refractivity (Wildman–Crippen MR) is 67.6 cm³/mol. The SMILES string of the molecule is CSc1cc([C@@H](C)OC(C)C)ccc1C. The molecule has 1 atom stereocenters. The third kappa shape index (κ3) is 3.54. The van der Waals surface area contributed by atoms with E-state index in [1.54, 1.807) is 11.8 Å². The standard InChI is InChI=1S/C13H20OS/c1-9(2)14-11(4)12-7-6-10(3)13(8-12)15-5/h6-9,11H,1-5H3/t11-/m1/s1. The van der Waals surface area contributed by atoms with Gasteiger partial charge in [-0.15, -0.1) is 11.8 Å². The molecular formula is C13H20OS. The van der Waals surface area contributed by atoms with Crippen molar-refractivity contribution in [2.45, 2.75) is 44.8 Å². The van der Waals surface area contributed by atoms with Gasteiger partial charge in [-0.3, -0.25) is 0 Å². The van der Waals surface area contributed by atoms with Gasteiger partial charge in [-0.05, 0) is 51.1 Å². The van der Waals surface area contributed by atoms with Crippen LogP contribution in [0.2, 0.25) is 0 Å². The highest BCUT2D eigenvalue weighted by molar-refractivity contribution is 7.98. The minimum Gasteiger partial charge on any atom is -0.371 e. The summed E-state index contributed by atoms with van der Waals surface area (Å²) in [5.41, 5.74) is 2.60. The van der Waals surface area contributed by atoms with Gasteiger partial charge in [-0.1, -0.05) is 12.1 Å². The first-order chi connectivity index (χ1) is 7.04. The number of benzene rings is 1. The fourth-order valence-corrected chi connectivity index (χ4v) is 2.22. The Labute approximate surface area is 97.2 Å². The zero-order valence-electron chi connectivity index (χ0n) is 10.2. The lowest BCUT2D eigenvalue weighted by Crippen LogP contribution is -2.07. The lowest BCUT2D eigenvalue weighted by Gasteiger charge is -2.17. The molecule has 0 unspecified atom stereocenters. The van der Waals surface area contributed by atoms with E-state index in [9.17, 15) is 0 Å². The van der Waals surface area contributed by atoms with Gasteiger partial charge in [-0.25, -0.2) is 0 Å². The van der Waals surface area contributed by atoms with Gasteiger partial charge in [0.15, 0.2) is 0 Å². The average Bonchev–Trinajstić information content (AvgIpc) is 2.17. The van der Waals surface area contributed by atoms with E-state index in [1.165, 1.54) is 16.0 Å². The minimum absolute atomic E-state index is 0.177. The fraction of sp³-hybridized carbons (Fsp3) is 0.538. The molecule has 0 amide bonds. The van der Waals surface area contributed by atoms with Gasteiger partial charge in [-0.2, -0.15) is 0 Å². The second kappa shape index (κ2) is 5.57. The molecule has 0 saturated carbocycles. The van der Waals surface area contributed by atoms with Crippen LogP contribution in [0.4, 0.5) is 0 Å². The molecule has 15 heavy (non-hydrogen) atoms. The van der Waals surface area contributed by atoms with Crippen LogP contribution in [0, 0.1) is 6.92 Å². The summed E-state index contributed by atoms with van der Waals surface area (Å²) < 4.78 is 5.77. The Hall–Kier alpha value is -0.470. The third-order valence-electron chi connectivity index (χ3n) is 2.38. The molecule has 0 aliphatic rings. The Balaban J connectivity index is 2.85. The van der Waals surface area contributed by atoms with E-state index < -0.39 is 0 Å². The number of hydrogen-bond donors (Lipinski definition) is 0. The third-order valence-corrected chi connectivity index (χ3v) is 3.26. The fourth-order valence-electron chi connectivity index (χ4n) is 1.58. The van der Waals surface area contributed by atoms with Gasteiger partial charge in [0.05, 0.1) is 12.2 Å². The second-order valence-electron chi connectivity index (χ2n) is 4.06. The Kier molecular flexibility index (Phi) is 4.68. The van der Waals surface area contributed by atoms with Crippen molar-refractivity contribution >= 4 is 11.8 Å². The first-order valence-corrected chi connectivity index (χ1v) is 6.57. The number of thioether (sulfide) groups is 1. The number of ether oxygens (including phenoxy) is 1. The molecule has 0 N–H and O–H groups in total. The molecule has 0 bridgehead atoms. The topological polar surface area (TPSA) is 9.23 Å². The Morgan fingerprint density at radius 2 is 1.87 bits per heavy atom. The first kappa shape index (κ1) is 12.6. The van der Waals surface area contributed by atoms with Gasteiger partial charge >= 0.3 is 0 Å². The number of aryl methyl sites for hydroxylation is 1. The summed E-state index contributed by atoms with van der Waals surface area (Å²) in [7, 11) is 0. The molecule has 0 saturated heterocycles. The molecule has 0 aliphatic heterocycles. The van der Waals surface area contributed by atoms with Crippen LogP contribution in [0.3, 0.4) is 0 Å². The van der Waals surface area contributed by atoms with Gasteiger partial charge in [0.25, 0.3) is 0 Å². The molecule has 1 aromatic carbocycles. The monoisotopic (exact) mass is 224 g/mol. The van der Waals surface area contributed by atoms with E-state index >= 15 is 0 Å². The molecule has 1 aromatic rings. The van der Waals surface area contributed by atoms with Crippen molar-refractivity contribution in [3.05, 3.63) is 29.3 Å². The molecule has 84 valence electrons. The maximum Gasteiger partial charge on any atom is 0.0800 e. The van der Waals surface area contributed by atoms with E-state index in [4.69, 9.17) is 4.74 Å². The normalized spacial score (nSPS) is 13.2. The summed E-state index contributed by atoms with van der Waals surface area (Å²) >= 11 is 1.79. The molecule has 1 nitrogen and oxygen atoms in total. The van der Waals surface area contributed by atoms with Gasteiger partial charge in [0.2, 0.25) is 0 Å². The van der Waals surface area contributed by atoms with Crippen molar-refractivity contribution in [1.82, 2.24) is 0 Å². The maximum atomic E-state index is 5.77. The number of hydrogen-bond acceptors (Lipinski definition) is 2. The Bertz CT molecular complexity index is 320. The van der Waals surface area contributed by atoms with Crippen LogP contribution in [0.5, 0.6) is 0 Å². The van der Waals surface area contributed by atoms with Crippen molar-refractivity contribution in [1.29, 1.82) is 0 Å². The zero-order chi connectivity index (χ0) is 11.4.